The Bertz CT molecular complexity index is 1620. The molecule has 0 atom stereocenters. The highest BCUT2D eigenvalue weighted by atomic mass is 19.3. The third-order valence-electron chi connectivity index (χ3n) is 7.50. The summed E-state index contributed by atoms with van der Waals surface area (Å²) in [7, 11) is 0. The summed E-state index contributed by atoms with van der Waals surface area (Å²) in [6.45, 7) is 2.63. The normalized spacial score (nSPS) is 18.1. The molecule has 9 nitrogen and oxygen atoms in total. The minimum absolute atomic E-state index is 0.0959. The molecule has 0 bridgehead atoms. The summed E-state index contributed by atoms with van der Waals surface area (Å²) in [6, 6.07) is 4.01. The van der Waals surface area contributed by atoms with Gasteiger partial charge in [-0.15, -0.1) is 0 Å². The van der Waals surface area contributed by atoms with Gasteiger partial charge >= 0.3 is 0 Å². The summed E-state index contributed by atoms with van der Waals surface area (Å²) >= 11 is 0. The quantitative estimate of drug-likeness (QED) is 0.347. The second-order valence-electron chi connectivity index (χ2n) is 10.3. The highest BCUT2D eigenvalue weighted by Gasteiger charge is 2.37. The average Bonchev–Trinajstić information content (AvgIpc) is 3.64. The standard InChI is InChI=1S/C27H27F2N9/c28-27(29)4-7-37(16-27)15-17-8-18(11-30-10-17)19-9-20-23(35-36-25(20)32-12-19)26-33-21-13-31-14-22(24(21)34-26)38-5-2-1-3-6-38/h8-14H,1-7,15-16H2,(H,33,34)(H,32,35,36). The Morgan fingerprint density at radius 1 is 0.921 bits per heavy atom. The van der Waals surface area contributed by atoms with Crippen molar-refractivity contribution in [2.75, 3.05) is 31.1 Å². The fraction of sp³-hybridized carbons (Fsp3) is 0.370. The Balaban J connectivity index is 1.22. The van der Waals surface area contributed by atoms with Gasteiger partial charge < -0.3 is 9.88 Å². The van der Waals surface area contributed by atoms with Crippen LogP contribution in [-0.2, 0) is 6.54 Å². The van der Waals surface area contributed by atoms with Crippen LogP contribution >= 0.6 is 0 Å². The highest BCUT2D eigenvalue weighted by molar-refractivity contribution is 5.95. The first-order valence-corrected chi connectivity index (χ1v) is 13.0. The largest absolute Gasteiger partial charge is 0.368 e. The van der Waals surface area contributed by atoms with Crippen molar-refractivity contribution < 1.29 is 8.78 Å². The van der Waals surface area contributed by atoms with E-state index in [0.717, 1.165) is 57.6 Å². The molecule has 2 fully saturated rings. The van der Waals surface area contributed by atoms with Gasteiger partial charge in [0.05, 0.1) is 35.5 Å². The number of nitrogens with zero attached hydrogens (tertiary/aromatic N) is 7. The summed E-state index contributed by atoms with van der Waals surface area (Å²) < 4.78 is 27.3. The zero-order valence-electron chi connectivity index (χ0n) is 20.8. The van der Waals surface area contributed by atoms with Crippen molar-refractivity contribution in [2.45, 2.75) is 38.2 Å². The molecule has 0 amide bonds. The van der Waals surface area contributed by atoms with Crippen molar-refractivity contribution in [3.63, 3.8) is 0 Å². The van der Waals surface area contributed by atoms with Gasteiger partial charge in [0.1, 0.15) is 11.2 Å². The van der Waals surface area contributed by atoms with Crippen LogP contribution in [0.2, 0.25) is 0 Å². The lowest BCUT2D eigenvalue weighted by atomic mass is 10.1. The van der Waals surface area contributed by atoms with E-state index in [2.05, 4.69) is 35.0 Å². The maximum atomic E-state index is 13.6. The summed E-state index contributed by atoms with van der Waals surface area (Å²) in [5.41, 5.74) is 6.78. The number of nitrogens with one attached hydrogen (secondary N) is 2. The van der Waals surface area contributed by atoms with Gasteiger partial charge in [0.2, 0.25) is 0 Å². The van der Waals surface area contributed by atoms with E-state index in [1.807, 2.05) is 18.3 Å². The van der Waals surface area contributed by atoms with Gasteiger partial charge in [0, 0.05) is 62.3 Å². The molecule has 7 heterocycles. The zero-order valence-corrected chi connectivity index (χ0v) is 20.8. The topological polar surface area (TPSA) is 103 Å². The van der Waals surface area contributed by atoms with E-state index in [1.54, 1.807) is 29.7 Å². The number of piperidine rings is 1. The molecule has 0 saturated carbocycles. The first-order chi connectivity index (χ1) is 18.5. The van der Waals surface area contributed by atoms with E-state index < -0.39 is 5.92 Å². The Morgan fingerprint density at radius 2 is 1.76 bits per heavy atom. The van der Waals surface area contributed by atoms with Crippen molar-refractivity contribution in [1.82, 2.24) is 40.0 Å². The number of hydrogen-bond acceptors (Lipinski definition) is 7. The van der Waals surface area contributed by atoms with Crippen molar-refractivity contribution in [2.24, 2.45) is 0 Å². The second-order valence-corrected chi connectivity index (χ2v) is 10.3. The third-order valence-corrected chi connectivity index (χ3v) is 7.50. The van der Waals surface area contributed by atoms with Crippen LogP contribution in [0.1, 0.15) is 31.2 Å². The molecule has 0 unspecified atom stereocenters. The van der Waals surface area contributed by atoms with E-state index >= 15 is 0 Å². The molecule has 7 rings (SSSR count). The molecule has 0 spiro atoms. The second kappa shape index (κ2) is 9.09. The molecule has 2 N–H and O–H groups in total. The lowest BCUT2D eigenvalue weighted by molar-refractivity contribution is 0.0115. The highest BCUT2D eigenvalue weighted by Crippen LogP contribution is 2.33. The molecule has 11 heteroatoms. The van der Waals surface area contributed by atoms with Crippen LogP contribution in [0.3, 0.4) is 0 Å². The average molecular weight is 516 g/mol. The number of halogens is 2. The summed E-state index contributed by atoms with van der Waals surface area (Å²) in [4.78, 5) is 25.9. The SMILES string of the molecule is FC1(F)CCN(Cc2cncc(-c3cnc4n[nH]c(-c5nc6c(N7CCCCC7)cncc6[nH]5)c4c3)c2)C1. The van der Waals surface area contributed by atoms with Gasteiger partial charge in [0.25, 0.3) is 5.92 Å². The lowest BCUT2D eigenvalue weighted by Gasteiger charge is -2.28. The molecular formula is C27H27F2N9. The van der Waals surface area contributed by atoms with Gasteiger partial charge in [-0.3, -0.25) is 20.0 Å². The van der Waals surface area contributed by atoms with Gasteiger partial charge in [-0.2, -0.15) is 5.10 Å². The number of H-pyrrole nitrogens is 2. The number of likely N-dealkylation sites (tertiary alicyclic amines) is 1. The van der Waals surface area contributed by atoms with E-state index in [9.17, 15) is 8.78 Å². The van der Waals surface area contributed by atoms with Gasteiger partial charge in [-0.25, -0.2) is 18.7 Å². The first-order valence-electron chi connectivity index (χ1n) is 13.0. The lowest BCUT2D eigenvalue weighted by Crippen LogP contribution is -2.29. The third kappa shape index (κ3) is 4.26. The first kappa shape index (κ1) is 23.2. The molecule has 2 saturated heterocycles. The van der Waals surface area contributed by atoms with Crippen LogP contribution < -0.4 is 4.90 Å². The van der Waals surface area contributed by atoms with Crippen LogP contribution in [0.15, 0.2) is 43.1 Å². The summed E-state index contributed by atoms with van der Waals surface area (Å²) in [5, 5.41) is 8.33. The monoisotopic (exact) mass is 515 g/mol. The van der Waals surface area contributed by atoms with E-state index in [1.165, 1.54) is 19.3 Å². The minimum Gasteiger partial charge on any atom is -0.368 e. The predicted molar refractivity (Wildman–Crippen MR) is 141 cm³/mol. The molecule has 0 aromatic carbocycles. The maximum absolute atomic E-state index is 13.6. The van der Waals surface area contributed by atoms with E-state index in [0.29, 0.717) is 24.6 Å². The predicted octanol–water partition coefficient (Wildman–Crippen LogP) is 4.79. The van der Waals surface area contributed by atoms with E-state index in [4.69, 9.17) is 4.98 Å². The molecule has 2 aliphatic rings. The van der Waals surface area contributed by atoms with E-state index in [-0.39, 0.29) is 13.0 Å². The summed E-state index contributed by atoms with van der Waals surface area (Å²) in [5.74, 6) is -1.94. The molecular weight excluding hydrogens is 488 g/mol. The summed E-state index contributed by atoms with van der Waals surface area (Å²) in [6.07, 6.45) is 12.5. The minimum atomic E-state index is -2.61. The van der Waals surface area contributed by atoms with Crippen LogP contribution in [-0.4, -0.2) is 72.1 Å². The Kier molecular flexibility index (Phi) is 5.54. The fourth-order valence-corrected chi connectivity index (χ4v) is 5.57. The van der Waals surface area contributed by atoms with Gasteiger partial charge in [-0.1, -0.05) is 0 Å². The van der Waals surface area contributed by atoms with Gasteiger partial charge in [0.15, 0.2) is 11.5 Å². The number of pyridine rings is 3. The Morgan fingerprint density at radius 3 is 2.61 bits per heavy atom. The number of aromatic amines is 2. The van der Waals surface area contributed by atoms with Crippen LogP contribution in [0, 0.1) is 0 Å². The number of fused-ring (bicyclic) bond motifs is 2. The molecule has 38 heavy (non-hydrogen) atoms. The molecule has 2 aliphatic heterocycles. The smallest absolute Gasteiger partial charge is 0.261 e. The van der Waals surface area contributed by atoms with Crippen molar-refractivity contribution in [3.8, 4) is 22.6 Å². The molecule has 5 aromatic heterocycles. The number of alkyl halides is 2. The molecule has 0 radical (unpaired) electrons. The Hall–Kier alpha value is -3.99. The van der Waals surface area contributed by atoms with Crippen molar-refractivity contribution in [3.05, 3.63) is 48.7 Å². The van der Waals surface area contributed by atoms with Gasteiger partial charge in [-0.05, 0) is 37.0 Å². The molecule has 194 valence electrons. The van der Waals surface area contributed by atoms with Crippen LogP contribution in [0.5, 0.6) is 0 Å². The van der Waals surface area contributed by atoms with Crippen LogP contribution in [0.4, 0.5) is 14.5 Å². The Labute approximate surface area is 217 Å². The van der Waals surface area contributed by atoms with Crippen LogP contribution in [0.25, 0.3) is 44.7 Å². The maximum Gasteiger partial charge on any atom is 0.261 e. The molecule has 0 aliphatic carbocycles. The fourth-order valence-electron chi connectivity index (χ4n) is 5.57. The number of aromatic nitrogens is 7. The van der Waals surface area contributed by atoms with Crippen molar-refractivity contribution >= 4 is 27.8 Å². The number of anilines is 1. The molecule has 5 aromatic rings. The number of imidazole rings is 1. The van der Waals surface area contributed by atoms with Crippen molar-refractivity contribution in [1.29, 1.82) is 0 Å². The number of rotatable bonds is 5. The number of hydrogen-bond donors (Lipinski definition) is 2. The zero-order chi connectivity index (χ0) is 25.7.